The van der Waals surface area contributed by atoms with Crippen molar-refractivity contribution in [2.45, 2.75) is 59.3 Å². The molecule has 0 bridgehead atoms. The summed E-state index contributed by atoms with van der Waals surface area (Å²) in [6.07, 6.45) is 2.64. The van der Waals surface area contributed by atoms with E-state index in [1.54, 1.807) is 24.3 Å². The second-order valence-electron chi connectivity index (χ2n) is 10.7. The van der Waals surface area contributed by atoms with E-state index in [2.05, 4.69) is 6.58 Å². The van der Waals surface area contributed by atoms with Gasteiger partial charge in [-0.15, -0.1) is 0 Å². The lowest BCUT2D eigenvalue weighted by atomic mass is 9.62. The van der Waals surface area contributed by atoms with E-state index < -0.39 is 22.7 Å². The van der Waals surface area contributed by atoms with Crippen LogP contribution in [0.5, 0.6) is 11.5 Å². The second-order valence-corrected chi connectivity index (χ2v) is 10.7. The molecule has 0 amide bonds. The summed E-state index contributed by atoms with van der Waals surface area (Å²) in [4.78, 5) is 39.8. The first-order valence-electron chi connectivity index (χ1n) is 11.3. The zero-order valence-corrected chi connectivity index (χ0v) is 20.2. The van der Waals surface area contributed by atoms with Crippen molar-refractivity contribution in [3.8, 4) is 11.5 Å². The van der Waals surface area contributed by atoms with Crippen molar-refractivity contribution in [3.63, 3.8) is 0 Å². The number of Topliss-reactive ketones (excluding diaryl/α,β-unsaturated/α-hetero) is 3. The van der Waals surface area contributed by atoms with Gasteiger partial charge in [0.15, 0.2) is 17.3 Å². The number of ketones is 3. The second kappa shape index (κ2) is 9.16. The van der Waals surface area contributed by atoms with Crippen LogP contribution in [0.4, 0.5) is 0 Å². The van der Waals surface area contributed by atoms with E-state index in [1.807, 2.05) is 27.7 Å². The van der Waals surface area contributed by atoms with Gasteiger partial charge in [-0.05, 0) is 28.5 Å². The number of aliphatic hydroxyl groups is 1. The van der Waals surface area contributed by atoms with Gasteiger partial charge in [0, 0.05) is 37.2 Å². The fourth-order valence-electron chi connectivity index (χ4n) is 5.10. The monoisotopic (exact) mass is 454 g/mol. The molecule has 1 atom stereocenters. The minimum Gasteiger partial charge on any atom is -0.512 e. The molecule has 6 nitrogen and oxygen atoms in total. The third kappa shape index (κ3) is 5.21. The molecule has 0 radical (unpaired) electrons. The lowest BCUT2D eigenvalue weighted by Gasteiger charge is -2.39. The number of benzene rings is 1. The summed E-state index contributed by atoms with van der Waals surface area (Å²) in [5.41, 5.74) is -0.0799. The van der Waals surface area contributed by atoms with Crippen LogP contribution in [-0.2, 0) is 14.4 Å². The zero-order chi connectivity index (χ0) is 24.6. The Morgan fingerprint density at radius 2 is 1.64 bits per heavy atom. The summed E-state index contributed by atoms with van der Waals surface area (Å²) in [5.74, 6) is -1.68. The first kappa shape index (κ1) is 24.7. The molecule has 0 aliphatic heterocycles. The van der Waals surface area contributed by atoms with Gasteiger partial charge in [0.2, 0.25) is 0 Å². The molecule has 2 aliphatic carbocycles. The molecule has 33 heavy (non-hydrogen) atoms. The Kier molecular flexibility index (Phi) is 6.87. The van der Waals surface area contributed by atoms with Crippen molar-refractivity contribution in [2.24, 2.45) is 16.7 Å². The van der Waals surface area contributed by atoms with Crippen LogP contribution in [0.1, 0.15) is 64.9 Å². The molecular weight excluding hydrogens is 420 g/mol. The zero-order valence-electron chi connectivity index (χ0n) is 20.2. The van der Waals surface area contributed by atoms with E-state index in [1.165, 1.54) is 7.11 Å². The van der Waals surface area contributed by atoms with Gasteiger partial charge in [0.1, 0.15) is 23.9 Å². The first-order valence-corrected chi connectivity index (χ1v) is 11.3. The van der Waals surface area contributed by atoms with Gasteiger partial charge in [-0.2, -0.15) is 0 Å². The average Bonchev–Trinajstić information content (AvgIpc) is 2.68. The highest BCUT2D eigenvalue weighted by Gasteiger charge is 2.48. The molecule has 0 spiro atoms. The Bertz CT molecular complexity index is 993. The van der Waals surface area contributed by atoms with E-state index in [-0.39, 0.29) is 54.6 Å². The molecule has 0 aromatic heterocycles. The Balaban J connectivity index is 2.17. The van der Waals surface area contributed by atoms with Gasteiger partial charge in [-0.1, -0.05) is 46.4 Å². The van der Waals surface area contributed by atoms with Crippen LogP contribution in [0.15, 0.2) is 42.2 Å². The smallest absolute Gasteiger partial charge is 0.163 e. The Labute approximate surface area is 195 Å². The maximum atomic E-state index is 13.3. The summed E-state index contributed by atoms with van der Waals surface area (Å²) in [7, 11) is 1.50. The van der Waals surface area contributed by atoms with Crippen molar-refractivity contribution in [3.05, 3.63) is 47.7 Å². The molecule has 0 saturated heterocycles. The summed E-state index contributed by atoms with van der Waals surface area (Å²) in [5, 5.41) is 11.0. The maximum absolute atomic E-state index is 13.3. The number of ether oxygens (including phenoxy) is 2. The molecule has 3 rings (SSSR count). The summed E-state index contributed by atoms with van der Waals surface area (Å²) >= 11 is 0. The topological polar surface area (TPSA) is 89.9 Å². The van der Waals surface area contributed by atoms with Gasteiger partial charge >= 0.3 is 0 Å². The summed E-state index contributed by atoms with van der Waals surface area (Å²) < 4.78 is 11.1. The number of carbonyl (C=O) groups is 3. The lowest BCUT2D eigenvalue weighted by Crippen LogP contribution is -2.43. The highest BCUT2D eigenvalue weighted by molar-refractivity contribution is 6.09. The molecule has 2 aliphatic rings. The molecule has 6 heteroatoms. The number of methoxy groups -OCH3 is 1. The quantitative estimate of drug-likeness (QED) is 0.454. The van der Waals surface area contributed by atoms with E-state index in [0.29, 0.717) is 23.5 Å². The third-order valence-electron chi connectivity index (χ3n) is 6.44. The standard InChI is InChI=1S/C27H34O6/c1-7-10-33-21-9-8-16(11-22(21)32-6)23(24-17(28)12-26(2,3)13-18(24)29)25-19(30)14-27(4,5)15-20(25)31/h7-9,11,23-24,30H,1,10,12-15H2,2-6H3. The predicted molar refractivity (Wildman–Crippen MR) is 126 cm³/mol. The fraction of sp³-hybridized carbons (Fsp3) is 0.519. The minimum absolute atomic E-state index is 0.0439. The van der Waals surface area contributed by atoms with Gasteiger partial charge in [-0.3, -0.25) is 14.4 Å². The average molecular weight is 455 g/mol. The first-order chi connectivity index (χ1) is 15.4. The van der Waals surface area contributed by atoms with Gasteiger partial charge in [0.05, 0.1) is 13.0 Å². The number of aliphatic hydroxyl groups excluding tert-OH is 1. The van der Waals surface area contributed by atoms with Crippen LogP contribution in [-0.4, -0.2) is 36.2 Å². The van der Waals surface area contributed by atoms with Crippen LogP contribution >= 0.6 is 0 Å². The number of allylic oxidation sites excluding steroid dienone is 2. The number of carbonyl (C=O) groups excluding carboxylic acids is 3. The molecule has 1 unspecified atom stereocenters. The third-order valence-corrected chi connectivity index (χ3v) is 6.44. The highest BCUT2D eigenvalue weighted by Crippen LogP contribution is 2.48. The Morgan fingerprint density at radius 3 is 2.18 bits per heavy atom. The van der Waals surface area contributed by atoms with Crippen molar-refractivity contribution >= 4 is 17.3 Å². The molecule has 1 aromatic rings. The van der Waals surface area contributed by atoms with Crippen LogP contribution < -0.4 is 9.47 Å². The summed E-state index contributed by atoms with van der Waals surface area (Å²) in [6, 6.07) is 5.12. The van der Waals surface area contributed by atoms with Gasteiger partial charge in [0.25, 0.3) is 0 Å². The molecule has 1 fully saturated rings. The molecular formula is C27H34O6. The Hall–Kier alpha value is -2.89. The molecule has 0 heterocycles. The highest BCUT2D eigenvalue weighted by atomic mass is 16.5. The van der Waals surface area contributed by atoms with E-state index in [4.69, 9.17) is 9.47 Å². The van der Waals surface area contributed by atoms with Crippen molar-refractivity contribution < 1.29 is 29.0 Å². The fourth-order valence-corrected chi connectivity index (χ4v) is 5.10. The van der Waals surface area contributed by atoms with Crippen LogP contribution in [0.2, 0.25) is 0 Å². The predicted octanol–water partition coefficient (Wildman–Crippen LogP) is 5.12. The molecule has 178 valence electrons. The van der Waals surface area contributed by atoms with Crippen LogP contribution in [0.3, 0.4) is 0 Å². The van der Waals surface area contributed by atoms with Gasteiger partial charge < -0.3 is 14.6 Å². The number of hydrogen-bond donors (Lipinski definition) is 1. The molecule has 1 aromatic carbocycles. The van der Waals surface area contributed by atoms with Crippen molar-refractivity contribution in [2.75, 3.05) is 13.7 Å². The maximum Gasteiger partial charge on any atom is 0.163 e. The normalized spacial score (nSPS) is 21.7. The van der Waals surface area contributed by atoms with Crippen molar-refractivity contribution in [1.82, 2.24) is 0 Å². The van der Waals surface area contributed by atoms with E-state index in [0.717, 1.165) is 0 Å². The summed E-state index contributed by atoms with van der Waals surface area (Å²) in [6.45, 7) is 11.6. The number of hydrogen-bond acceptors (Lipinski definition) is 6. The minimum atomic E-state index is -1.02. The lowest BCUT2D eigenvalue weighted by molar-refractivity contribution is -0.140. The molecule has 1 saturated carbocycles. The SMILES string of the molecule is C=CCOc1ccc(C(C2=C(O)CC(C)(C)CC2=O)C2C(=O)CC(C)(C)CC2=O)cc1OC. The number of rotatable bonds is 7. The Morgan fingerprint density at radius 1 is 1.03 bits per heavy atom. The largest absolute Gasteiger partial charge is 0.512 e. The van der Waals surface area contributed by atoms with E-state index >= 15 is 0 Å². The molecule has 1 N–H and O–H groups in total. The van der Waals surface area contributed by atoms with Crippen molar-refractivity contribution in [1.29, 1.82) is 0 Å². The van der Waals surface area contributed by atoms with Crippen LogP contribution in [0, 0.1) is 16.7 Å². The van der Waals surface area contributed by atoms with Crippen LogP contribution in [0.25, 0.3) is 0 Å². The van der Waals surface area contributed by atoms with Gasteiger partial charge in [-0.25, -0.2) is 0 Å². The van der Waals surface area contributed by atoms with E-state index in [9.17, 15) is 19.5 Å².